The molecule has 2 rings (SSSR count). The highest BCUT2D eigenvalue weighted by Crippen LogP contribution is 2.29. The van der Waals surface area contributed by atoms with Crippen molar-refractivity contribution in [3.63, 3.8) is 0 Å². The minimum absolute atomic E-state index is 0.132. The fourth-order valence-corrected chi connectivity index (χ4v) is 2.72. The molecule has 0 spiro atoms. The van der Waals surface area contributed by atoms with Crippen LogP contribution < -0.4 is 0 Å². The van der Waals surface area contributed by atoms with Gasteiger partial charge in [0.2, 0.25) is 0 Å². The highest BCUT2D eigenvalue weighted by Gasteiger charge is 2.24. The van der Waals surface area contributed by atoms with E-state index < -0.39 is 5.60 Å². The maximum atomic E-state index is 12.1. The molecule has 0 saturated heterocycles. The summed E-state index contributed by atoms with van der Waals surface area (Å²) < 4.78 is 6.53. The van der Waals surface area contributed by atoms with E-state index in [2.05, 4.69) is 22.0 Å². The van der Waals surface area contributed by atoms with E-state index in [9.17, 15) is 4.79 Å². The molecule has 0 aliphatic heterocycles. The fraction of sp³-hybridized carbons (Fsp3) is 0.438. The number of ether oxygens (including phenoxy) is 1. The Kier molecular flexibility index (Phi) is 4.14. The number of hydrogen-bond donors (Lipinski definition) is 0. The Labute approximate surface area is 123 Å². The molecule has 0 fully saturated rings. The first-order valence-electron chi connectivity index (χ1n) is 6.55. The van der Waals surface area contributed by atoms with Gasteiger partial charge in [0.15, 0.2) is 0 Å². The average Bonchev–Trinajstić information content (AvgIpc) is 2.50. The second-order valence-corrected chi connectivity index (χ2v) is 6.70. The molecule has 1 aromatic rings. The van der Waals surface area contributed by atoms with Gasteiger partial charge in [-0.3, -0.25) is 4.79 Å². The number of benzene rings is 1. The summed E-state index contributed by atoms with van der Waals surface area (Å²) >= 11 is 3.56. The second-order valence-electron chi connectivity index (χ2n) is 5.85. The Bertz CT molecular complexity index is 512. The third kappa shape index (κ3) is 3.69. The first kappa shape index (κ1) is 14.3. The molecule has 1 aromatic carbocycles. The predicted octanol–water partition coefficient (Wildman–Crippen LogP) is 4.37. The maximum absolute atomic E-state index is 12.1. The van der Waals surface area contributed by atoms with Crippen molar-refractivity contribution < 1.29 is 9.53 Å². The van der Waals surface area contributed by atoms with Gasteiger partial charge in [-0.05, 0) is 50.8 Å². The van der Waals surface area contributed by atoms with Crippen molar-refractivity contribution in [2.24, 2.45) is 5.92 Å². The fourth-order valence-electron chi connectivity index (χ4n) is 2.18. The number of esters is 1. The van der Waals surface area contributed by atoms with Crippen molar-refractivity contribution in [2.45, 2.75) is 39.2 Å². The van der Waals surface area contributed by atoms with E-state index >= 15 is 0 Å². The molecule has 0 amide bonds. The van der Waals surface area contributed by atoms with E-state index in [0.29, 0.717) is 0 Å². The quantitative estimate of drug-likeness (QED) is 0.718. The number of carbonyl (C=O) groups is 1. The molecule has 0 N–H and O–H groups in total. The van der Waals surface area contributed by atoms with E-state index in [0.717, 1.165) is 17.3 Å². The molecule has 0 saturated carbocycles. The van der Waals surface area contributed by atoms with Gasteiger partial charge >= 0.3 is 5.97 Å². The molecule has 1 aliphatic rings. The van der Waals surface area contributed by atoms with Crippen molar-refractivity contribution in [3.05, 3.63) is 39.9 Å². The lowest BCUT2D eigenvalue weighted by Gasteiger charge is -2.22. The van der Waals surface area contributed by atoms with Gasteiger partial charge in [0.25, 0.3) is 0 Å². The van der Waals surface area contributed by atoms with Gasteiger partial charge in [-0.25, -0.2) is 0 Å². The lowest BCUT2D eigenvalue weighted by atomic mass is 10.0. The summed E-state index contributed by atoms with van der Waals surface area (Å²) in [5.41, 5.74) is 2.02. The molecular formula is C16H19BrO2. The van der Waals surface area contributed by atoms with Crippen LogP contribution in [0.5, 0.6) is 0 Å². The number of halogens is 1. The second kappa shape index (κ2) is 5.49. The SMILES string of the molecule is CC(C)(C)OC(=O)C1C=Cc2c(Br)cccc2CC1. The van der Waals surface area contributed by atoms with Crippen LogP contribution in [-0.2, 0) is 16.0 Å². The normalized spacial score (nSPS) is 18.6. The number of aryl methyl sites for hydroxylation is 1. The molecule has 0 radical (unpaired) electrons. The van der Waals surface area contributed by atoms with E-state index in [1.54, 1.807) is 0 Å². The lowest BCUT2D eigenvalue weighted by molar-refractivity contribution is -0.158. The zero-order valence-corrected chi connectivity index (χ0v) is 13.2. The van der Waals surface area contributed by atoms with Gasteiger partial charge in [-0.1, -0.05) is 40.2 Å². The van der Waals surface area contributed by atoms with Crippen LogP contribution in [0.25, 0.3) is 6.08 Å². The summed E-state index contributed by atoms with van der Waals surface area (Å²) in [7, 11) is 0. The largest absolute Gasteiger partial charge is 0.460 e. The van der Waals surface area contributed by atoms with Crippen molar-refractivity contribution in [1.82, 2.24) is 0 Å². The van der Waals surface area contributed by atoms with Gasteiger partial charge in [0.1, 0.15) is 5.60 Å². The Morgan fingerprint density at radius 3 is 2.79 bits per heavy atom. The number of hydrogen-bond acceptors (Lipinski definition) is 2. The minimum Gasteiger partial charge on any atom is -0.460 e. The van der Waals surface area contributed by atoms with Crippen molar-refractivity contribution >= 4 is 28.0 Å². The summed E-state index contributed by atoms with van der Waals surface area (Å²) in [5.74, 6) is -0.286. The standard InChI is InChI=1S/C16H19BrO2/c1-16(2,3)19-15(18)12-8-7-11-5-4-6-14(17)13(11)10-9-12/h4-6,9-10,12H,7-8H2,1-3H3. The molecule has 3 heteroatoms. The van der Waals surface area contributed by atoms with Crippen LogP contribution in [0, 0.1) is 5.92 Å². The molecule has 1 unspecified atom stereocenters. The van der Waals surface area contributed by atoms with E-state index in [-0.39, 0.29) is 11.9 Å². The minimum atomic E-state index is -0.426. The maximum Gasteiger partial charge on any atom is 0.313 e. The Hall–Kier alpha value is -1.09. The topological polar surface area (TPSA) is 26.3 Å². The van der Waals surface area contributed by atoms with Gasteiger partial charge in [0.05, 0.1) is 5.92 Å². The smallest absolute Gasteiger partial charge is 0.313 e. The highest BCUT2D eigenvalue weighted by molar-refractivity contribution is 9.10. The van der Waals surface area contributed by atoms with Crippen LogP contribution in [0.4, 0.5) is 0 Å². The third-order valence-corrected chi connectivity index (χ3v) is 3.76. The zero-order chi connectivity index (χ0) is 14.0. The van der Waals surface area contributed by atoms with E-state index in [4.69, 9.17) is 4.74 Å². The van der Waals surface area contributed by atoms with Crippen molar-refractivity contribution in [1.29, 1.82) is 0 Å². The van der Waals surface area contributed by atoms with Crippen LogP contribution in [0.3, 0.4) is 0 Å². The van der Waals surface area contributed by atoms with E-state index in [1.165, 1.54) is 11.1 Å². The summed E-state index contributed by atoms with van der Waals surface area (Å²) in [6.07, 6.45) is 5.69. The molecule has 102 valence electrons. The van der Waals surface area contributed by atoms with Crippen LogP contribution in [0.2, 0.25) is 0 Å². The van der Waals surface area contributed by atoms with Gasteiger partial charge in [-0.15, -0.1) is 0 Å². The Morgan fingerprint density at radius 1 is 1.37 bits per heavy atom. The summed E-state index contributed by atoms with van der Waals surface area (Å²) in [4.78, 5) is 12.1. The molecular weight excluding hydrogens is 304 g/mol. The first-order valence-corrected chi connectivity index (χ1v) is 7.34. The lowest BCUT2D eigenvalue weighted by Crippen LogP contribution is -2.28. The zero-order valence-electron chi connectivity index (χ0n) is 11.6. The Balaban J connectivity index is 2.17. The summed E-state index contributed by atoms with van der Waals surface area (Å²) in [5, 5.41) is 0. The average molecular weight is 323 g/mol. The predicted molar refractivity (Wildman–Crippen MR) is 80.8 cm³/mol. The van der Waals surface area contributed by atoms with Crippen LogP contribution in [0.1, 0.15) is 38.3 Å². The number of fused-ring (bicyclic) bond motifs is 1. The molecule has 0 bridgehead atoms. The third-order valence-electron chi connectivity index (χ3n) is 3.07. The number of carbonyl (C=O) groups excluding carboxylic acids is 1. The van der Waals surface area contributed by atoms with Crippen LogP contribution >= 0.6 is 15.9 Å². The van der Waals surface area contributed by atoms with Crippen LogP contribution in [0.15, 0.2) is 28.7 Å². The van der Waals surface area contributed by atoms with Crippen molar-refractivity contribution in [2.75, 3.05) is 0 Å². The van der Waals surface area contributed by atoms with Gasteiger partial charge in [-0.2, -0.15) is 0 Å². The van der Waals surface area contributed by atoms with Crippen molar-refractivity contribution in [3.8, 4) is 0 Å². The molecule has 1 aliphatic carbocycles. The molecule has 0 heterocycles. The molecule has 2 nitrogen and oxygen atoms in total. The monoisotopic (exact) mass is 322 g/mol. The first-order chi connectivity index (χ1) is 8.87. The van der Waals surface area contributed by atoms with Gasteiger partial charge in [0, 0.05) is 4.47 Å². The van der Waals surface area contributed by atoms with Gasteiger partial charge < -0.3 is 4.74 Å². The van der Waals surface area contributed by atoms with E-state index in [1.807, 2.05) is 45.1 Å². The summed E-state index contributed by atoms with van der Waals surface area (Å²) in [6.45, 7) is 5.70. The van der Waals surface area contributed by atoms with Crippen LogP contribution in [-0.4, -0.2) is 11.6 Å². The number of rotatable bonds is 1. The molecule has 19 heavy (non-hydrogen) atoms. The highest BCUT2D eigenvalue weighted by atomic mass is 79.9. The summed E-state index contributed by atoms with van der Waals surface area (Å²) in [6, 6.07) is 6.17. The molecule has 1 atom stereocenters. The Morgan fingerprint density at radius 2 is 2.11 bits per heavy atom. The molecule has 0 aromatic heterocycles.